The zero-order valence-corrected chi connectivity index (χ0v) is 9.58. The lowest BCUT2D eigenvalue weighted by atomic mass is 10.1. The molecule has 1 aromatic rings. The van der Waals surface area contributed by atoms with E-state index in [1.165, 1.54) is 12.1 Å². The lowest BCUT2D eigenvalue weighted by Crippen LogP contribution is -2.35. The normalized spacial score (nSPS) is 11.5. The molecule has 16 heavy (non-hydrogen) atoms. The van der Waals surface area contributed by atoms with Crippen molar-refractivity contribution in [2.45, 2.75) is 32.9 Å². The Morgan fingerprint density at radius 2 is 2.00 bits per heavy atom. The molecule has 0 aliphatic heterocycles. The minimum absolute atomic E-state index is 0.110. The average molecular weight is 226 g/mol. The van der Waals surface area contributed by atoms with Crippen LogP contribution in [0.4, 0.5) is 10.1 Å². The van der Waals surface area contributed by atoms with Crippen LogP contribution in [-0.4, -0.2) is 10.5 Å². The minimum Gasteiger partial charge on any atom is -0.308 e. The fraction of sp³-hybridized carbons (Fsp3) is 0.455. The molecule has 0 bridgehead atoms. The monoisotopic (exact) mass is 226 g/mol. The molecule has 0 unspecified atom stereocenters. The van der Waals surface area contributed by atoms with E-state index in [0.717, 1.165) is 6.07 Å². The molecule has 1 rings (SSSR count). The van der Waals surface area contributed by atoms with Gasteiger partial charge in [-0.25, -0.2) is 4.39 Å². The maximum absolute atomic E-state index is 13.1. The van der Waals surface area contributed by atoms with Crippen LogP contribution in [0, 0.1) is 15.9 Å². The third-order valence-corrected chi connectivity index (χ3v) is 1.98. The van der Waals surface area contributed by atoms with Gasteiger partial charge in [0.2, 0.25) is 0 Å². The van der Waals surface area contributed by atoms with Gasteiger partial charge in [-0.15, -0.1) is 0 Å². The molecule has 1 N–H and O–H groups in total. The van der Waals surface area contributed by atoms with Crippen LogP contribution in [0.5, 0.6) is 0 Å². The van der Waals surface area contributed by atoms with Gasteiger partial charge in [-0.2, -0.15) is 0 Å². The van der Waals surface area contributed by atoms with Gasteiger partial charge < -0.3 is 5.32 Å². The molecule has 0 aliphatic carbocycles. The van der Waals surface area contributed by atoms with Gasteiger partial charge in [-0.05, 0) is 32.4 Å². The van der Waals surface area contributed by atoms with Crippen LogP contribution in [-0.2, 0) is 6.54 Å². The summed E-state index contributed by atoms with van der Waals surface area (Å²) in [7, 11) is 0. The molecule has 0 aliphatic rings. The number of hydrogen-bond acceptors (Lipinski definition) is 3. The first-order valence-electron chi connectivity index (χ1n) is 4.97. The lowest BCUT2D eigenvalue weighted by molar-refractivity contribution is -0.385. The number of nitrogens with zero attached hydrogens (tertiary/aromatic N) is 1. The molecule has 1 aromatic carbocycles. The molecule has 0 saturated carbocycles. The van der Waals surface area contributed by atoms with Gasteiger partial charge in [0.05, 0.1) is 11.0 Å². The standard InChI is InChI=1S/C11H15FN2O2/c1-11(2,3)13-7-8-4-9(12)6-10(5-8)14(15)16/h4-6,13H,7H2,1-3H3. The van der Waals surface area contributed by atoms with Crippen LogP contribution in [0.3, 0.4) is 0 Å². The Hall–Kier alpha value is -1.49. The summed E-state index contributed by atoms with van der Waals surface area (Å²) in [6, 6.07) is 3.59. The summed E-state index contributed by atoms with van der Waals surface area (Å²) in [6.07, 6.45) is 0. The topological polar surface area (TPSA) is 55.2 Å². The van der Waals surface area contributed by atoms with Crippen molar-refractivity contribution in [1.82, 2.24) is 5.32 Å². The molecule has 5 heteroatoms. The smallest absolute Gasteiger partial charge is 0.272 e. The maximum Gasteiger partial charge on any atom is 0.272 e. The highest BCUT2D eigenvalue weighted by molar-refractivity contribution is 5.35. The summed E-state index contributed by atoms with van der Waals surface area (Å²) in [5.41, 5.74) is 0.244. The molecule has 0 heterocycles. The predicted molar refractivity (Wildman–Crippen MR) is 59.6 cm³/mol. The first-order valence-corrected chi connectivity index (χ1v) is 4.97. The van der Waals surface area contributed by atoms with Crippen molar-refractivity contribution < 1.29 is 9.31 Å². The van der Waals surface area contributed by atoms with Gasteiger partial charge in [0.15, 0.2) is 0 Å². The summed E-state index contributed by atoms with van der Waals surface area (Å²) in [6.45, 7) is 6.32. The molecule has 0 fully saturated rings. The second-order valence-electron chi connectivity index (χ2n) is 4.68. The van der Waals surface area contributed by atoms with Crippen LogP contribution >= 0.6 is 0 Å². The van der Waals surface area contributed by atoms with E-state index >= 15 is 0 Å². The van der Waals surface area contributed by atoms with Crippen LogP contribution in [0.25, 0.3) is 0 Å². The van der Waals surface area contributed by atoms with Crippen molar-refractivity contribution in [3.05, 3.63) is 39.7 Å². The van der Waals surface area contributed by atoms with Crippen LogP contribution < -0.4 is 5.32 Å². The maximum atomic E-state index is 13.1. The quantitative estimate of drug-likeness (QED) is 0.636. The molecule has 4 nitrogen and oxygen atoms in total. The van der Waals surface area contributed by atoms with Gasteiger partial charge in [0.1, 0.15) is 5.82 Å². The number of nitrogens with one attached hydrogen (secondary N) is 1. The molecule has 0 aromatic heterocycles. The lowest BCUT2D eigenvalue weighted by Gasteiger charge is -2.20. The minimum atomic E-state index is -0.594. The third kappa shape index (κ3) is 3.94. The van der Waals surface area contributed by atoms with Crippen LogP contribution in [0.1, 0.15) is 26.3 Å². The summed E-state index contributed by atoms with van der Waals surface area (Å²) in [5.74, 6) is -0.583. The van der Waals surface area contributed by atoms with Gasteiger partial charge in [0.25, 0.3) is 5.69 Å². The highest BCUT2D eigenvalue weighted by Crippen LogP contribution is 2.16. The highest BCUT2D eigenvalue weighted by Gasteiger charge is 2.12. The van der Waals surface area contributed by atoms with Crippen molar-refractivity contribution >= 4 is 5.69 Å². The van der Waals surface area contributed by atoms with Crippen LogP contribution in [0.15, 0.2) is 18.2 Å². The van der Waals surface area contributed by atoms with E-state index < -0.39 is 10.7 Å². The molecular formula is C11H15FN2O2. The van der Waals surface area contributed by atoms with Gasteiger partial charge in [-0.3, -0.25) is 10.1 Å². The predicted octanol–water partition coefficient (Wildman–Crippen LogP) is 2.62. The van der Waals surface area contributed by atoms with E-state index in [1.54, 1.807) is 0 Å². The largest absolute Gasteiger partial charge is 0.308 e. The molecular weight excluding hydrogens is 211 g/mol. The summed E-state index contributed by atoms with van der Waals surface area (Å²) >= 11 is 0. The first-order chi connectivity index (χ1) is 7.28. The van der Waals surface area contributed by atoms with Crippen molar-refractivity contribution in [2.75, 3.05) is 0 Å². The van der Waals surface area contributed by atoms with E-state index in [-0.39, 0.29) is 11.2 Å². The second-order valence-corrected chi connectivity index (χ2v) is 4.68. The zero-order chi connectivity index (χ0) is 12.3. The van der Waals surface area contributed by atoms with Crippen molar-refractivity contribution in [3.8, 4) is 0 Å². The molecule has 0 radical (unpaired) electrons. The summed E-state index contributed by atoms with van der Waals surface area (Å²) < 4.78 is 13.1. The van der Waals surface area contributed by atoms with Crippen LogP contribution in [0.2, 0.25) is 0 Å². The molecule has 0 amide bonds. The Morgan fingerprint density at radius 3 is 2.50 bits per heavy atom. The summed E-state index contributed by atoms with van der Waals surface area (Å²) in [5, 5.41) is 13.7. The fourth-order valence-corrected chi connectivity index (χ4v) is 1.21. The first kappa shape index (κ1) is 12.6. The third-order valence-electron chi connectivity index (χ3n) is 1.98. The van der Waals surface area contributed by atoms with E-state index in [4.69, 9.17) is 0 Å². The van der Waals surface area contributed by atoms with E-state index in [1.807, 2.05) is 20.8 Å². The Labute approximate surface area is 93.6 Å². The number of halogens is 1. The Morgan fingerprint density at radius 1 is 1.38 bits per heavy atom. The number of nitro groups is 1. The van der Waals surface area contributed by atoms with Gasteiger partial charge in [-0.1, -0.05) is 0 Å². The van der Waals surface area contributed by atoms with Crippen molar-refractivity contribution in [3.63, 3.8) is 0 Å². The Kier molecular flexibility index (Phi) is 3.59. The number of hydrogen-bond donors (Lipinski definition) is 1. The zero-order valence-electron chi connectivity index (χ0n) is 9.58. The van der Waals surface area contributed by atoms with Gasteiger partial charge in [0, 0.05) is 18.2 Å². The van der Waals surface area contributed by atoms with E-state index in [0.29, 0.717) is 12.1 Å². The number of benzene rings is 1. The second kappa shape index (κ2) is 4.57. The molecule has 88 valence electrons. The number of rotatable bonds is 3. The molecule has 0 atom stereocenters. The van der Waals surface area contributed by atoms with E-state index in [9.17, 15) is 14.5 Å². The SMILES string of the molecule is CC(C)(C)NCc1cc(F)cc([N+](=O)[O-])c1. The Bertz CT molecular complexity index is 399. The average Bonchev–Trinajstić information content (AvgIpc) is 2.13. The van der Waals surface area contributed by atoms with Crippen molar-refractivity contribution in [2.24, 2.45) is 0 Å². The highest BCUT2D eigenvalue weighted by atomic mass is 19.1. The molecule has 0 saturated heterocycles. The van der Waals surface area contributed by atoms with E-state index in [2.05, 4.69) is 5.32 Å². The number of non-ortho nitro benzene ring substituents is 1. The molecule has 0 spiro atoms. The number of nitro benzene ring substituents is 1. The van der Waals surface area contributed by atoms with Crippen molar-refractivity contribution in [1.29, 1.82) is 0 Å². The van der Waals surface area contributed by atoms with Gasteiger partial charge >= 0.3 is 0 Å². The summed E-state index contributed by atoms with van der Waals surface area (Å²) in [4.78, 5) is 9.93. The fourth-order valence-electron chi connectivity index (χ4n) is 1.21. The Balaban J connectivity index is 2.85.